The van der Waals surface area contributed by atoms with E-state index in [2.05, 4.69) is 44.9 Å². The van der Waals surface area contributed by atoms with Gasteiger partial charge in [-0.25, -0.2) is 0 Å². The second-order valence-corrected chi connectivity index (χ2v) is 6.32. The Hall–Kier alpha value is -1.11. The quantitative estimate of drug-likeness (QED) is 0.735. The Bertz CT molecular complexity index is 479. The summed E-state index contributed by atoms with van der Waals surface area (Å²) >= 11 is 3.41. The van der Waals surface area contributed by atoms with Gasteiger partial charge in [-0.3, -0.25) is 9.69 Å². The summed E-state index contributed by atoms with van der Waals surface area (Å²) in [6, 6.07) is 5.68. The van der Waals surface area contributed by atoms with E-state index in [4.69, 9.17) is 5.73 Å². The van der Waals surface area contributed by atoms with Crippen LogP contribution in [0, 0.1) is 0 Å². The molecule has 1 atom stereocenters. The van der Waals surface area contributed by atoms with Crippen molar-refractivity contribution >= 4 is 33.2 Å². The molecule has 1 unspecified atom stereocenters. The topological polar surface area (TPSA) is 61.6 Å². The molecule has 0 aliphatic heterocycles. The molecule has 6 heteroatoms. The Kier molecular flexibility index (Phi) is 7.14. The zero-order valence-electron chi connectivity index (χ0n) is 13.2. The molecule has 118 valence electrons. The van der Waals surface area contributed by atoms with Crippen LogP contribution in [-0.2, 0) is 4.79 Å². The SMILES string of the molecule is CCN(CC(=O)Nc1ccc(N)cc1Br)C(C)CN(C)C. The molecule has 0 spiro atoms. The van der Waals surface area contributed by atoms with Gasteiger partial charge >= 0.3 is 0 Å². The van der Waals surface area contributed by atoms with Crippen molar-refractivity contribution < 1.29 is 4.79 Å². The van der Waals surface area contributed by atoms with Gasteiger partial charge in [-0.2, -0.15) is 0 Å². The summed E-state index contributed by atoms with van der Waals surface area (Å²) in [5, 5.41) is 2.91. The van der Waals surface area contributed by atoms with Crippen LogP contribution in [0.5, 0.6) is 0 Å². The highest BCUT2D eigenvalue weighted by molar-refractivity contribution is 9.10. The summed E-state index contributed by atoms with van der Waals surface area (Å²) in [7, 11) is 4.08. The maximum atomic E-state index is 12.2. The largest absolute Gasteiger partial charge is 0.399 e. The molecule has 0 bridgehead atoms. The molecule has 1 amide bonds. The summed E-state index contributed by atoms with van der Waals surface area (Å²) in [4.78, 5) is 16.5. The number of amides is 1. The Morgan fingerprint density at radius 2 is 2.10 bits per heavy atom. The number of hydrogen-bond acceptors (Lipinski definition) is 4. The minimum Gasteiger partial charge on any atom is -0.399 e. The Morgan fingerprint density at radius 3 is 2.62 bits per heavy atom. The molecule has 0 radical (unpaired) electrons. The number of nitrogen functional groups attached to an aromatic ring is 1. The molecule has 0 aromatic heterocycles. The number of halogens is 1. The summed E-state index contributed by atoms with van der Waals surface area (Å²) in [5.41, 5.74) is 7.09. The molecule has 0 heterocycles. The van der Waals surface area contributed by atoms with Crippen molar-refractivity contribution in [2.24, 2.45) is 0 Å². The molecule has 0 aliphatic carbocycles. The summed E-state index contributed by atoms with van der Waals surface area (Å²) in [6.07, 6.45) is 0. The van der Waals surface area contributed by atoms with E-state index in [0.29, 0.717) is 18.3 Å². The van der Waals surface area contributed by atoms with E-state index >= 15 is 0 Å². The van der Waals surface area contributed by atoms with Gasteiger partial charge in [-0.15, -0.1) is 0 Å². The van der Waals surface area contributed by atoms with Gasteiger partial charge in [0.15, 0.2) is 0 Å². The summed E-state index contributed by atoms with van der Waals surface area (Å²) in [5.74, 6) is -0.0204. The van der Waals surface area contributed by atoms with Gasteiger partial charge in [0, 0.05) is 22.7 Å². The predicted molar refractivity (Wildman–Crippen MR) is 92.4 cm³/mol. The Morgan fingerprint density at radius 1 is 1.43 bits per heavy atom. The maximum absolute atomic E-state index is 12.2. The van der Waals surface area contributed by atoms with Crippen LogP contribution < -0.4 is 11.1 Å². The third-order valence-corrected chi connectivity index (χ3v) is 3.93. The maximum Gasteiger partial charge on any atom is 0.238 e. The van der Waals surface area contributed by atoms with Crippen LogP contribution in [0.1, 0.15) is 13.8 Å². The van der Waals surface area contributed by atoms with E-state index in [1.165, 1.54) is 0 Å². The van der Waals surface area contributed by atoms with Gasteiger partial charge in [0.25, 0.3) is 0 Å². The van der Waals surface area contributed by atoms with Gasteiger partial charge in [-0.05, 0) is 61.7 Å². The molecule has 5 nitrogen and oxygen atoms in total. The third-order valence-electron chi connectivity index (χ3n) is 3.27. The zero-order valence-corrected chi connectivity index (χ0v) is 14.8. The molecule has 0 fully saturated rings. The molecule has 0 saturated heterocycles. The number of anilines is 2. The number of carbonyl (C=O) groups excluding carboxylic acids is 1. The average Bonchev–Trinajstić information content (AvgIpc) is 2.38. The van der Waals surface area contributed by atoms with Crippen molar-refractivity contribution in [3.05, 3.63) is 22.7 Å². The standard InChI is InChI=1S/C15H25BrN4O/c1-5-20(11(2)9-19(3)4)10-15(21)18-14-7-6-12(17)8-13(14)16/h6-8,11H,5,9-10,17H2,1-4H3,(H,18,21). The highest BCUT2D eigenvalue weighted by atomic mass is 79.9. The fourth-order valence-electron chi connectivity index (χ4n) is 2.23. The number of hydrogen-bond donors (Lipinski definition) is 2. The lowest BCUT2D eigenvalue weighted by Crippen LogP contribution is -2.43. The van der Waals surface area contributed by atoms with Gasteiger partial charge in [-0.1, -0.05) is 6.92 Å². The molecule has 21 heavy (non-hydrogen) atoms. The highest BCUT2D eigenvalue weighted by Crippen LogP contribution is 2.24. The summed E-state index contributed by atoms with van der Waals surface area (Å²) in [6.45, 7) is 6.34. The van der Waals surface area contributed by atoms with Crippen LogP contribution >= 0.6 is 15.9 Å². The molecular formula is C15H25BrN4O. The van der Waals surface area contributed by atoms with E-state index in [-0.39, 0.29) is 5.91 Å². The van der Waals surface area contributed by atoms with Crippen molar-refractivity contribution in [3.63, 3.8) is 0 Å². The Balaban J connectivity index is 2.62. The fraction of sp³-hybridized carbons (Fsp3) is 0.533. The first-order valence-electron chi connectivity index (χ1n) is 7.07. The van der Waals surface area contributed by atoms with Crippen molar-refractivity contribution in [2.45, 2.75) is 19.9 Å². The first-order valence-corrected chi connectivity index (χ1v) is 7.86. The van der Waals surface area contributed by atoms with Crippen LogP contribution in [-0.4, -0.2) is 55.5 Å². The summed E-state index contributed by atoms with van der Waals surface area (Å²) < 4.78 is 0.792. The number of carbonyl (C=O) groups is 1. The van der Waals surface area contributed by atoms with Crippen molar-refractivity contribution in [3.8, 4) is 0 Å². The van der Waals surface area contributed by atoms with Crippen LogP contribution in [0.3, 0.4) is 0 Å². The smallest absolute Gasteiger partial charge is 0.238 e. The normalized spacial score (nSPS) is 12.7. The minimum absolute atomic E-state index is 0.0204. The number of benzene rings is 1. The second-order valence-electron chi connectivity index (χ2n) is 5.46. The van der Waals surface area contributed by atoms with Crippen molar-refractivity contribution in [1.29, 1.82) is 0 Å². The van der Waals surface area contributed by atoms with Gasteiger partial charge in [0.1, 0.15) is 0 Å². The first kappa shape index (κ1) is 17.9. The molecule has 0 saturated carbocycles. The van der Waals surface area contributed by atoms with Crippen LogP contribution in [0.2, 0.25) is 0 Å². The zero-order chi connectivity index (χ0) is 16.0. The lowest BCUT2D eigenvalue weighted by molar-refractivity contribution is -0.117. The van der Waals surface area contributed by atoms with E-state index < -0.39 is 0 Å². The van der Waals surface area contributed by atoms with Gasteiger partial charge < -0.3 is 16.0 Å². The monoisotopic (exact) mass is 356 g/mol. The van der Waals surface area contributed by atoms with Crippen LogP contribution in [0.15, 0.2) is 22.7 Å². The molecule has 3 N–H and O–H groups in total. The number of nitrogens with zero attached hydrogens (tertiary/aromatic N) is 2. The third kappa shape index (κ3) is 6.03. The number of rotatable bonds is 7. The average molecular weight is 357 g/mol. The lowest BCUT2D eigenvalue weighted by atomic mass is 10.2. The van der Waals surface area contributed by atoms with E-state index in [9.17, 15) is 4.79 Å². The van der Waals surface area contributed by atoms with Gasteiger partial charge in [0.2, 0.25) is 5.91 Å². The molecule has 1 aromatic rings. The molecular weight excluding hydrogens is 332 g/mol. The molecule has 0 aliphatic rings. The first-order chi connectivity index (χ1) is 9.83. The minimum atomic E-state index is -0.0204. The van der Waals surface area contributed by atoms with Crippen LogP contribution in [0.25, 0.3) is 0 Å². The molecule has 1 aromatic carbocycles. The van der Waals surface area contributed by atoms with Crippen molar-refractivity contribution in [1.82, 2.24) is 9.80 Å². The van der Waals surface area contributed by atoms with E-state index in [0.717, 1.165) is 23.2 Å². The second kappa shape index (κ2) is 8.36. The predicted octanol–water partition coefficient (Wildman–Crippen LogP) is 2.24. The lowest BCUT2D eigenvalue weighted by Gasteiger charge is -2.29. The van der Waals surface area contributed by atoms with Crippen LogP contribution in [0.4, 0.5) is 11.4 Å². The number of likely N-dealkylation sites (N-methyl/N-ethyl adjacent to an activating group) is 2. The molecule has 1 rings (SSSR count). The number of nitrogens with two attached hydrogens (primary N) is 1. The Labute approximate surface area is 135 Å². The van der Waals surface area contributed by atoms with Crippen molar-refractivity contribution in [2.75, 3.05) is 44.8 Å². The highest BCUT2D eigenvalue weighted by Gasteiger charge is 2.16. The van der Waals surface area contributed by atoms with Gasteiger partial charge in [0.05, 0.1) is 12.2 Å². The van der Waals surface area contributed by atoms with E-state index in [1.807, 2.05) is 14.1 Å². The fourth-order valence-corrected chi connectivity index (χ4v) is 2.73. The van der Waals surface area contributed by atoms with E-state index in [1.54, 1.807) is 18.2 Å². The number of nitrogens with one attached hydrogen (secondary N) is 1.